The maximum atomic E-state index is 13.0. The number of nitrogens with one attached hydrogen (secondary N) is 2. The number of fused-ring (bicyclic) bond motifs is 2. The lowest BCUT2D eigenvalue weighted by atomic mass is 9.96. The number of likely N-dealkylation sites (tertiary alicyclic amines) is 1. The molecule has 10 nitrogen and oxygen atoms in total. The maximum absolute atomic E-state index is 13.0. The second-order valence-electron chi connectivity index (χ2n) is 8.29. The Bertz CT molecular complexity index is 1480. The fraction of sp³-hybridized carbons (Fsp3) is 0.304. The standard InChI is InChI=1S/C23H24N6O4S/c1-2-29-22(31)16-9-3-5-11-18(16)24-23(29)26-25-21(30)15-8-7-13-28(14-15)20-17-10-4-6-12-19(17)34(32,33)27-20/h3-6,9-12,15H,2,7-8,13-14H2,1H3,(H,24,26)(H,25,30). The van der Waals surface area contributed by atoms with Crippen LogP contribution in [-0.4, -0.2) is 47.7 Å². The van der Waals surface area contributed by atoms with Crippen LogP contribution in [0.15, 0.2) is 62.6 Å². The average Bonchev–Trinajstić information content (AvgIpc) is 3.13. The third-order valence-electron chi connectivity index (χ3n) is 6.18. The fourth-order valence-electron chi connectivity index (χ4n) is 4.48. The largest absolute Gasteiger partial charge is 0.355 e. The molecule has 1 fully saturated rings. The van der Waals surface area contributed by atoms with Crippen molar-refractivity contribution < 1.29 is 13.2 Å². The number of para-hydroxylation sites is 1. The van der Waals surface area contributed by atoms with Gasteiger partial charge in [0.2, 0.25) is 11.9 Å². The summed E-state index contributed by atoms with van der Waals surface area (Å²) in [5, 5.41) is 0.511. The molecule has 2 aromatic carbocycles. The van der Waals surface area contributed by atoms with E-state index in [1.807, 2.05) is 11.8 Å². The van der Waals surface area contributed by atoms with Gasteiger partial charge in [-0.2, -0.15) is 8.42 Å². The molecule has 1 atom stereocenters. The second-order valence-corrected chi connectivity index (χ2v) is 9.86. The van der Waals surface area contributed by atoms with Gasteiger partial charge in [-0.05, 0) is 44.0 Å². The number of sulfonamides is 1. The van der Waals surface area contributed by atoms with Gasteiger partial charge < -0.3 is 4.90 Å². The number of nitrogens with zero attached hydrogens (tertiary/aromatic N) is 4. The molecule has 0 spiro atoms. The molecule has 3 aromatic rings. The summed E-state index contributed by atoms with van der Waals surface area (Å²) in [6, 6.07) is 13.8. The predicted octanol–water partition coefficient (Wildman–Crippen LogP) is 1.72. The molecule has 1 aromatic heterocycles. The highest BCUT2D eigenvalue weighted by Gasteiger charge is 2.35. The third-order valence-corrected chi connectivity index (χ3v) is 7.50. The van der Waals surface area contributed by atoms with Crippen LogP contribution < -0.4 is 16.4 Å². The number of benzene rings is 2. The van der Waals surface area contributed by atoms with E-state index in [-0.39, 0.29) is 28.2 Å². The first-order valence-electron chi connectivity index (χ1n) is 11.1. The summed E-state index contributed by atoms with van der Waals surface area (Å²) >= 11 is 0. The Morgan fingerprint density at radius 1 is 1.15 bits per heavy atom. The molecule has 34 heavy (non-hydrogen) atoms. The van der Waals surface area contributed by atoms with Crippen molar-refractivity contribution in [2.75, 3.05) is 18.5 Å². The number of anilines is 1. The number of piperidine rings is 1. The summed E-state index contributed by atoms with van der Waals surface area (Å²) in [7, 11) is -3.73. The zero-order valence-corrected chi connectivity index (χ0v) is 19.4. The SMILES string of the molecule is CCn1c(NNC(=O)C2CCCN(C3=NS(=O)(=O)c4ccccc43)C2)nc2ccccc2c1=O. The molecule has 1 saturated heterocycles. The van der Waals surface area contributed by atoms with Crippen molar-refractivity contribution >= 4 is 38.6 Å². The van der Waals surface area contributed by atoms with Crippen molar-refractivity contribution in [3.8, 4) is 0 Å². The highest BCUT2D eigenvalue weighted by molar-refractivity contribution is 7.90. The zero-order chi connectivity index (χ0) is 23.9. The number of hydrogen-bond donors (Lipinski definition) is 2. The van der Waals surface area contributed by atoms with E-state index in [1.54, 1.807) is 48.5 Å². The molecule has 0 saturated carbocycles. The van der Waals surface area contributed by atoms with Gasteiger partial charge in [0.15, 0.2) is 5.84 Å². The van der Waals surface area contributed by atoms with Crippen molar-refractivity contribution in [2.45, 2.75) is 31.2 Å². The molecule has 5 rings (SSSR count). The first-order chi connectivity index (χ1) is 16.4. The molecular formula is C23H24N6O4S. The lowest BCUT2D eigenvalue weighted by Crippen LogP contribution is -2.47. The summed E-state index contributed by atoms with van der Waals surface area (Å²) in [5.74, 6) is -0.00403. The van der Waals surface area contributed by atoms with Gasteiger partial charge in [0, 0.05) is 25.2 Å². The van der Waals surface area contributed by atoms with Gasteiger partial charge in [-0.25, -0.2) is 4.98 Å². The second kappa shape index (κ2) is 8.56. The summed E-state index contributed by atoms with van der Waals surface area (Å²) in [6.07, 6.45) is 1.37. The Morgan fingerprint density at radius 2 is 1.91 bits per heavy atom. The number of amides is 1. The van der Waals surface area contributed by atoms with E-state index in [1.165, 1.54) is 4.57 Å². The molecule has 3 heterocycles. The minimum atomic E-state index is -3.73. The molecule has 1 amide bonds. The summed E-state index contributed by atoms with van der Waals surface area (Å²) in [4.78, 5) is 32.3. The van der Waals surface area contributed by atoms with E-state index in [4.69, 9.17) is 0 Å². The Labute approximate surface area is 196 Å². The molecule has 1 unspecified atom stereocenters. The number of amidine groups is 1. The van der Waals surface area contributed by atoms with Gasteiger partial charge in [0.1, 0.15) is 4.90 Å². The number of hydrazine groups is 1. The molecule has 2 N–H and O–H groups in total. The Balaban J connectivity index is 1.33. The molecule has 0 bridgehead atoms. The highest BCUT2D eigenvalue weighted by Crippen LogP contribution is 2.29. The Hall–Kier alpha value is -3.73. The average molecular weight is 481 g/mol. The normalized spacial score (nSPS) is 18.9. The van der Waals surface area contributed by atoms with E-state index < -0.39 is 10.0 Å². The van der Waals surface area contributed by atoms with Crippen molar-refractivity contribution in [3.63, 3.8) is 0 Å². The van der Waals surface area contributed by atoms with Crippen LogP contribution in [0.5, 0.6) is 0 Å². The van der Waals surface area contributed by atoms with Crippen LogP contribution in [-0.2, 0) is 21.4 Å². The van der Waals surface area contributed by atoms with Crippen LogP contribution in [0.3, 0.4) is 0 Å². The molecule has 2 aliphatic heterocycles. The van der Waals surface area contributed by atoms with E-state index in [0.717, 1.165) is 0 Å². The molecule has 0 aliphatic carbocycles. The smallest absolute Gasteiger partial charge is 0.285 e. The summed E-state index contributed by atoms with van der Waals surface area (Å²) in [6.45, 7) is 3.17. The van der Waals surface area contributed by atoms with Crippen molar-refractivity contribution in [3.05, 3.63) is 64.4 Å². The van der Waals surface area contributed by atoms with Gasteiger partial charge in [0.25, 0.3) is 15.6 Å². The maximum Gasteiger partial charge on any atom is 0.285 e. The molecule has 2 aliphatic rings. The van der Waals surface area contributed by atoms with Crippen molar-refractivity contribution in [2.24, 2.45) is 10.3 Å². The fourth-order valence-corrected chi connectivity index (χ4v) is 5.70. The van der Waals surface area contributed by atoms with Crippen LogP contribution >= 0.6 is 0 Å². The summed E-state index contributed by atoms with van der Waals surface area (Å²) in [5.41, 5.74) is 6.42. The topological polar surface area (TPSA) is 126 Å². The van der Waals surface area contributed by atoms with Crippen LogP contribution in [0.4, 0.5) is 5.95 Å². The van der Waals surface area contributed by atoms with Gasteiger partial charge in [0.05, 0.1) is 16.8 Å². The predicted molar refractivity (Wildman–Crippen MR) is 128 cm³/mol. The van der Waals surface area contributed by atoms with Crippen LogP contribution in [0, 0.1) is 5.92 Å². The number of rotatable bonds is 4. The molecule has 11 heteroatoms. The number of carbonyl (C=O) groups excluding carboxylic acids is 1. The lowest BCUT2D eigenvalue weighted by molar-refractivity contribution is -0.125. The quantitative estimate of drug-likeness (QED) is 0.545. The third kappa shape index (κ3) is 3.81. The first-order valence-corrected chi connectivity index (χ1v) is 12.6. The number of aromatic nitrogens is 2. The van der Waals surface area contributed by atoms with E-state index in [9.17, 15) is 18.0 Å². The van der Waals surface area contributed by atoms with Crippen molar-refractivity contribution in [1.82, 2.24) is 19.9 Å². The molecule has 176 valence electrons. The van der Waals surface area contributed by atoms with Gasteiger partial charge in [-0.15, -0.1) is 4.40 Å². The zero-order valence-electron chi connectivity index (χ0n) is 18.6. The van der Waals surface area contributed by atoms with Crippen LogP contribution in [0.1, 0.15) is 25.3 Å². The van der Waals surface area contributed by atoms with E-state index in [2.05, 4.69) is 20.2 Å². The van der Waals surface area contributed by atoms with Gasteiger partial charge >= 0.3 is 0 Å². The summed E-state index contributed by atoms with van der Waals surface area (Å²) < 4.78 is 30.3. The Morgan fingerprint density at radius 3 is 2.74 bits per heavy atom. The first kappa shape index (κ1) is 22.1. The minimum Gasteiger partial charge on any atom is -0.355 e. The van der Waals surface area contributed by atoms with E-state index in [0.29, 0.717) is 54.8 Å². The number of hydrogen-bond acceptors (Lipinski definition) is 7. The van der Waals surface area contributed by atoms with Gasteiger partial charge in [-0.3, -0.25) is 25.0 Å². The Kier molecular flexibility index (Phi) is 5.56. The van der Waals surface area contributed by atoms with Crippen LogP contribution in [0.2, 0.25) is 0 Å². The molecule has 0 radical (unpaired) electrons. The van der Waals surface area contributed by atoms with Gasteiger partial charge in [-0.1, -0.05) is 24.3 Å². The van der Waals surface area contributed by atoms with E-state index >= 15 is 0 Å². The monoisotopic (exact) mass is 480 g/mol. The van der Waals surface area contributed by atoms with Crippen LogP contribution in [0.25, 0.3) is 10.9 Å². The molecular weight excluding hydrogens is 456 g/mol. The van der Waals surface area contributed by atoms with Crippen molar-refractivity contribution in [1.29, 1.82) is 0 Å². The minimum absolute atomic E-state index is 0.187. The lowest BCUT2D eigenvalue weighted by Gasteiger charge is -2.33. The number of carbonyl (C=O) groups is 1. The highest BCUT2D eigenvalue weighted by atomic mass is 32.2.